The highest BCUT2D eigenvalue weighted by molar-refractivity contribution is 7.98. The van der Waals surface area contributed by atoms with E-state index in [0.29, 0.717) is 17.3 Å². The van der Waals surface area contributed by atoms with E-state index in [-0.39, 0.29) is 0 Å². The molecule has 1 aromatic heterocycles. The minimum absolute atomic E-state index is 0.628. The minimum Gasteiger partial charge on any atom is -0.389 e. The second-order valence-corrected chi connectivity index (χ2v) is 10.2. The van der Waals surface area contributed by atoms with Gasteiger partial charge in [0.1, 0.15) is 11.4 Å². The number of aromatic nitrogens is 2. The van der Waals surface area contributed by atoms with Crippen molar-refractivity contribution in [3.63, 3.8) is 0 Å². The third-order valence-electron chi connectivity index (χ3n) is 3.93. The normalized spacial score (nSPS) is 18.9. The van der Waals surface area contributed by atoms with E-state index in [2.05, 4.69) is 29.3 Å². The number of aliphatic imine (C=N–C) groups is 1. The summed E-state index contributed by atoms with van der Waals surface area (Å²) < 4.78 is 27.6. The maximum absolute atomic E-state index is 11.8. The average Bonchev–Trinajstić information content (AvgIpc) is 2.90. The fraction of sp³-hybridized carbons (Fsp3) is 0.579. The van der Waals surface area contributed by atoms with E-state index in [1.165, 1.54) is 0 Å². The Morgan fingerprint density at radius 1 is 1.43 bits per heavy atom. The first-order chi connectivity index (χ1) is 13.0. The summed E-state index contributed by atoms with van der Waals surface area (Å²) in [6.07, 6.45) is 7.03. The van der Waals surface area contributed by atoms with Gasteiger partial charge in [-0.05, 0) is 44.9 Å². The van der Waals surface area contributed by atoms with Crippen LogP contribution in [-0.4, -0.2) is 48.1 Å². The molecule has 0 unspecified atom stereocenters. The summed E-state index contributed by atoms with van der Waals surface area (Å²) in [4.78, 5) is 15.6. The van der Waals surface area contributed by atoms with Crippen LogP contribution < -0.4 is 9.56 Å². The molecular weight excluding hydrogens is 396 g/mol. The van der Waals surface area contributed by atoms with Crippen molar-refractivity contribution < 1.29 is 13.3 Å². The van der Waals surface area contributed by atoms with Crippen LogP contribution in [-0.2, 0) is 15.8 Å². The second-order valence-electron chi connectivity index (χ2n) is 7.17. The van der Waals surface area contributed by atoms with E-state index in [1.807, 2.05) is 13.0 Å². The molecule has 0 aromatic carbocycles. The van der Waals surface area contributed by atoms with Gasteiger partial charge >= 0.3 is 0 Å². The van der Waals surface area contributed by atoms with Crippen LogP contribution >= 0.6 is 11.8 Å². The Balaban J connectivity index is 2.60. The first-order valence-electron chi connectivity index (χ1n) is 9.29. The van der Waals surface area contributed by atoms with Crippen LogP contribution in [0.25, 0.3) is 5.57 Å². The van der Waals surface area contributed by atoms with E-state index in [0.717, 1.165) is 48.4 Å². The third kappa shape index (κ3) is 6.22. The summed E-state index contributed by atoms with van der Waals surface area (Å²) >= 11 is 1.71. The highest BCUT2D eigenvalue weighted by Gasteiger charge is 2.30. The summed E-state index contributed by atoms with van der Waals surface area (Å²) in [6.45, 7) is 12.3. The Kier molecular flexibility index (Phi) is 7.52. The zero-order valence-electron chi connectivity index (χ0n) is 17.3. The summed E-state index contributed by atoms with van der Waals surface area (Å²) in [5, 5.41) is 0. The van der Waals surface area contributed by atoms with Gasteiger partial charge in [0, 0.05) is 6.54 Å². The van der Waals surface area contributed by atoms with Gasteiger partial charge < -0.3 is 4.84 Å². The molecule has 7 nitrogen and oxygen atoms in total. The second kappa shape index (κ2) is 9.28. The quantitative estimate of drug-likeness (QED) is 0.678. The minimum atomic E-state index is -3.46. The largest absolute Gasteiger partial charge is 0.389 e. The van der Waals surface area contributed by atoms with Crippen LogP contribution in [0, 0.1) is 0 Å². The summed E-state index contributed by atoms with van der Waals surface area (Å²) in [5.74, 6) is 2.25. The number of fused-ring (bicyclic) bond motifs is 1. The number of nitrogens with zero attached hydrogens (tertiary/aromatic N) is 3. The van der Waals surface area contributed by atoms with Crippen molar-refractivity contribution in [3.05, 3.63) is 35.9 Å². The lowest BCUT2D eigenvalue weighted by molar-refractivity contribution is -0.0401. The van der Waals surface area contributed by atoms with E-state index in [9.17, 15) is 8.42 Å². The number of rotatable bonds is 7. The molecule has 0 aliphatic carbocycles. The smallest absolute Gasteiger partial charge is 0.211 e. The van der Waals surface area contributed by atoms with Crippen molar-refractivity contribution in [1.82, 2.24) is 14.4 Å². The predicted octanol–water partition coefficient (Wildman–Crippen LogP) is 3.02. The van der Waals surface area contributed by atoms with Gasteiger partial charge in [-0.2, -0.15) is 21.2 Å². The standard InChI is InChI=1S/C19H30N4O3S2/c1-7-27-13-16-21-17-15(3)20-12-10-8-9-11-14(2)18(17)23(16)26-19(4,5)22-28(6,24)25/h9,11,22H,2,7-8,10,12-13H2,1,3-6H3/b11-9-,20-15-. The number of imidazole rings is 1. The molecule has 0 radical (unpaired) electrons. The molecule has 1 aliphatic rings. The molecule has 0 amide bonds. The third-order valence-corrected chi connectivity index (χ3v) is 5.67. The van der Waals surface area contributed by atoms with Gasteiger partial charge in [0.25, 0.3) is 0 Å². The average molecular weight is 427 g/mol. The van der Waals surface area contributed by atoms with E-state index >= 15 is 0 Å². The van der Waals surface area contributed by atoms with Gasteiger partial charge in [0.05, 0.1) is 17.7 Å². The molecule has 28 heavy (non-hydrogen) atoms. The lowest BCUT2D eigenvalue weighted by Gasteiger charge is -2.28. The lowest BCUT2D eigenvalue weighted by Crippen LogP contribution is -2.51. The van der Waals surface area contributed by atoms with Crippen molar-refractivity contribution in [1.29, 1.82) is 0 Å². The Morgan fingerprint density at radius 2 is 2.14 bits per heavy atom. The van der Waals surface area contributed by atoms with Gasteiger partial charge in [0.2, 0.25) is 10.0 Å². The fourth-order valence-corrected chi connectivity index (χ4v) is 4.40. The number of allylic oxidation sites excluding steroid dienone is 3. The molecule has 0 bridgehead atoms. The number of sulfonamides is 1. The van der Waals surface area contributed by atoms with Crippen molar-refractivity contribution in [2.24, 2.45) is 4.99 Å². The molecule has 1 aromatic rings. The number of nitrogens with one attached hydrogen (secondary N) is 1. The van der Waals surface area contributed by atoms with Crippen LogP contribution in [0.1, 0.15) is 57.7 Å². The lowest BCUT2D eigenvalue weighted by atomic mass is 10.1. The van der Waals surface area contributed by atoms with Crippen LogP contribution in [0.15, 0.2) is 23.7 Å². The summed E-state index contributed by atoms with van der Waals surface area (Å²) in [7, 11) is -3.46. The van der Waals surface area contributed by atoms with Crippen molar-refractivity contribution in [2.45, 2.75) is 52.0 Å². The molecule has 0 spiro atoms. The highest BCUT2D eigenvalue weighted by Crippen LogP contribution is 2.26. The van der Waals surface area contributed by atoms with E-state index in [4.69, 9.17) is 9.82 Å². The van der Waals surface area contributed by atoms with Crippen LogP contribution in [0.3, 0.4) is 0 Å². The Hall–Kier alpha value is -1.58. The Morgan fingerprint density at radius 3 is 2.79 bits per heavy atom. The van der Waals surface area contributed by atoms with Crippen LogP contribution in [0.4, 0.5) is 0 Å². The van der Waals surface area contributed by atoms with Crippen LogP contribution in [0.2, 0.25) is 0 Å². The molecular formula is C19H30N4O3S2. The molecule has 0 fully saturated rings. The maximum atomic E-state index is 11.8. The molecule has 0 saturated carbocycles. The van der Waals surface area contributed by atoms with Crippen molar-refractivity contribution in [2.75, 3.05) is 18.6 Å². The van der Waals surface area contributed by atoms with E-state index in [1.54, 1.807) is 30.3 Å². The fourth-order valence-electron chi connectivity index (χ4n) is 2.90. The van der Waals surface area contributed by atoms with E-state index < -0.39 is 15.7 Å². The predicted molar refractivity (Wildman–Crippen MR) is 117 cm³/mol. The summed E-state index contributed by atoms with van der Waals surface area (Å²) in [5.41, 5.74) is 1.83. The molecule has 156 valence electrons. The number of hydrogen-bond donors (Lipinski definition) is 1. The first-order valence-corrected chi connectivity index (χ1v) is 12.3. The molecule has 1 N–H and O–H groups in total. The molecule has 0 atom stereocenters. The van der Waals surface area contributed by atoms with Gasteiger partial charge in [-0.3, -0.25) is 4.99 Å². The zero-order valence-corrected chi connectivity index (χ0v) is 18.9. The monoisotopic (exact) mass is 426 g/mol. The molecule has 9 heteroatoms. The molecule has 0 saturated heterocycles. The Bertz CT molecular complexity index is 883. The topological polar surface area (TPSA) is 85.6 Å². The highest BCUT2D eigenvalue weighted by atomic mass is 32.2. The van der Waals surface area contributed by atoms with Crippen molar-refractivity contribution in [3.8, 4) is 0 Å². The summed E-state index contributed by atoms with van der Waals surface area (Å²) in [6, 6.07) is 0. The number of hydrogen-bond acceptors (Lipinski definition) is 6. The Labute approximate surface area is 172 Å². The first kappa shape index (κ1) is 22.7. The molecule has 1 aliphatic heterocycles. The molecule has 2 heterocycles. The zero-order chi connectivity index (χ0) is 20.9. The maximum Gasteiger partial charge on any atom is 0.211 e. The SMILES string of the molecule is C=C1/C=C\CCC/N=C(/C)c2nc(CSCC)n(OC(C)(C)NS(C)(=O)=O)c21. The molecule has 2 rings (SSSR count). The van der Waals surface area contributed by atoms with Gasteiger partial charge in [0.15, 0.2) is 11.5 Å². The van der Waals surface area contributed by atoms with Crippen molar-refractivity contribution >= 4 is 33.1 Å². The van der Waals surface area contributed by atoms with Gasteiger partial charge in [-0.25, -0.2) is 13.4 Å². The number of thioether (sulfide) groups is 1. The van der Waals surface area contributed by atoms with Gasteiger partial charge in [-0.1, -0.05) is 25.7 Å². The van der Waals surface area contributed by atoms with Gasteiger partial charge in [-0.15, -0.1) is 0 Å². The van der Waals surface area contributed by atoms with Crippen LogP contribution in [0.5, 0.6) is 0 Å².